The fraction of sp³-hybridized carbons (Fsp3) is 0.522. The lowest BCUT2D eigenvalue weighted by Crippen LogP contribution is -2.46. The van der Waals surface area contributed by atoms with E-state index in [0.29, 0.717) is 12.2 Å². The molecule has 1 saturated heterocycles. The van der Waals surface area contributed by atoms with Crippen LogP contribution in [-0.2, 0) is 11.3 Å². The van der Waals surface area contributed by atoms with Crippen molar-refractivity contribution in [2.45, 2.75) is 26.8 Å². The number of carbonyl (C=O) groups excluding carboxylic acids is 1. The molecule has 2 aliphatic rings. The van der Waals surface area contributed by atoms with Gasteiger partial charge in [-0.15, -0.1) is 11.3 Å². The second-order valence-electron chi connectivity index (χ2n) is 8.03. The molecule has 2 aliphatic heterocycles. The molecule has 0 bridgehead atoms. The Labute approximate surface area is 183 Å². The highest BCUT2D eigenvalue weighted by molar-refractivity contribution is 7.16. The molecule has 0 aliphatic carbocycles. The van der Waals surface area contributed by atoms with Gasteiger partial charge >= 0.3 is 0 Å². The number of ether oxygens (including phenoxy) is 2. The lowest BCUT2D eigenvalue weighted by atomic mass is 10.1. The van der Waals surface area contributed by atoms with Crippen molar-refractivity contribution in [1.82, 2.24) is 9.80 Å². The Hall–Kier alpha value is -1.93. The monoisotopic (exact) mass is 429 g/mol. The molecular weight excluding hydrogens is 398 g/mol. The Morgan fingerprint density at radius 3 is 2.50 bits per heavy atom. The van der Waals surface area contributed by atoms with E-state index in [1.807, 2.05) is 29.2 Å². The van der Waals surface area contributed by atoms with E-state index in [0.717, 1.165) is 63.1 Å². The van der Waals surface area contributed by atoms with E-state index in [-0.39, 0.29) is 5.91 Å². The molecule has 1 fully saturated rings. The molecule has 162 valence electrons. The summed E-state index contributed by atoms with van der Waals surface area (Å²) in [4.78, 5) is 21.5. The lowest BCUT2D eigenvalue weighted by molar-refractivity contribution is 0.0359. The second-order valence-corrected chi connectivity index (χ2v) is 9.23. The highest BCUT2D eigenvalue weighted by atomic mass is 32.1. The van der Waals surface area contributed by atoms with E-state index in [9.17, 15) is 4.79 Å². The fourth-order valence-corrected chi connectivity index (χ4v) is 5.29. The number of hydrogen-bond donors (Lipinski definition) is 0. The Balaban J connectivity index is 1.48. The molecule has 0 unspecified atom stereocenters. The summed E-state index contributed by atoms with van der Waals surface area (Å²) in [6, 6.07) is 7.41. The van der Waals surface area contributed by atoms with Gasteiger partial charge in [0.1, 0.15) is 10.8 Å². The summed E-state index contributed by atoms with van der Waals surface area (Å²) in [6.07, 6.45) is 1.10. The van der Waals surface area contributed by atoms with Gasteiger partial charge in [-0.25, -0.2) is 0 Å². The van der Waals surface area contributed by atoms with Crippen LogP contribution in [0.5, 0.6) is 5.75 Å². The second kappa shape index (κ2) is 9.47. The highest BCUT2D eigenvalue weighted by Gasteiger charge is 2.31. The molecule has 0 saturated carbocycles. The molecule has 2 aromatic rings. The normalized spacial score (nSPS) is 17.8. The molecular formula is C23H31N3O3S. The summed E-state index contributed by atoms with van der Waals surface area (Å²) in [5, 5.41) is 1.11. The molecule has 0 atom stereocenters. The maximum absolute atomic E-state index is 13.4. The third-order valence-corrected chi connectivity index (χ3v) is 7.36. The zero-order chi connectivity index (χ0) is 21.1. The van der Waals surface area contributed by atoms with Gasteiger partial charge in [0.25, 0.3) is 5.91 Å². The number of morpholine rings is 1. The summed E-state index contributed by atoms with van der Waals surface area (Å²) in [5.41, 5.74) is 3.32. The van der Waals surface area contributed by atoms with Crippen LogP contribution in [0.25, 0.3) is 0 Å². The standard InChI is InChI=1S/C23H31N3O3S/c1-17-18(2)30-23-21(17)15-25(10-4-9-24-11-13-29-14-12-24)16-26(23)22(27)19-5-7-20(28-3)8-6-19/h5-8H,4,9-16H2,1-3H3. The number of amides is 1. The third-order valence-electron chi connectivity index (χ3n) is 6.09. The minimum Gasteiger partial charge on any atom is -0.497 e. The number of carbonyl (C=O) groups is 1. The Bertz CT molecular complexity index is 875. The van der Waals surface area contributed by atoms with Gasteiger partial charge in [-0.2, -0.15) is 0 Å². The van der Waals surface area contributed by atoms with E-state index in [1.54, 1.807) is 18.4 Å². The molecule has 0 N–H and O–H groups in total. The minimum atomic E-state index is 0.0537. The van der Waals surface area contributed by atoms with E-state index in [1.165, 1.54) is 16.0 Å². The van der Waals surface area contributed by atoms with Gasteiger partial charge in [0, 0.05) is 42.2 Å². The van der Waals surface area contributed by atoms with Gasteiger partial charge in [0.2, 0.25) is 0 Å². The van der Waals surface area contributed by atoms with Crippen molar-refractivity contribution in [3.8, 4) is 5.75 Å². The van der Waals surface area contributed by atoms with Crippen molar-refractivity contribution in [3.63, 3.8) is 0 Å². The van der Waals surface area contributed by atoms with Crippen LogP contribution in [0.1, 0.15) is 32.8 Å². The SMILES string of the molecule is COc1ccc(C(=O)N2CN(CCCN3CCOCC3)Cc3c2sc(C)c3C)cc1. The van der Waals surface area contributed by atoms with E-state index in [4.69, 9.17) is 9.47 Å². The molecule has 1 amide bonds. The maximum Gasteiger partial charge on any atom is 0.260 e. The van der Waals surface area contributed by atoms with Gasteiger partial charge < -0.3 is 9.47 Å². The average molecular weight is 430 g/mol. The molecule has 4 rings (SSSR count). The number of aryl methyl sites for hydroxylation is 1. The number of hydrogen-bond acceptors (Lipinski definition) is 6. The molecule has 0 spiro atoms. The minimum absolute atomic E-state index is 0.0537. The van der Waals surface area contributed by atoms with Crippen LogP contribution in [0, 0.1) is 13.8 Å². The Kier molecular flexibility index (Phi) is 6.73. The van der Waals surface area contributed by atoms with Crippen molar-refractivity contribution >= 4 is 22.2 Å². The van der Waals surface area contributed by atoms with E-state index < -0.39 is 0 Å². The maximum atomic E-state index is 13.4. The first-order valence-corrected chi connectivity index (χ1v) is 11.5. The van der Waals surface area contributed by atoms with Crippen molar-refractivity contribution in [2.24, 2.45) is 0 Å². The smallest absolute Gasteiger partial charge is 0.260 e. The molecule has 0 radical (unpaired) electrons. The first-order chi connectivity index (χ1) is 14.6. The lowest BCUT2D eigenvalue weighted by Gasteiger charge is -2.36. The van der Waals surface area contributed by atoms with Crippen LogP contribution in [-0.4, -0.2) is 68.9 Å². The number of benzene rings is 1. The van der Waals surface area contributed by atoms with Gasteiger partial charge in [-0.05, 0) is 56.6 Å². The predicted molar refractivity (Wildman–Crippen MR) is 121 cm³/mol. The molecule has 3 heterocycles. The largest absolute Gasteiger partial charge is 0.497 e. The van der Waals surface area contributed by atoms with Crippen LogP contribution >= 0.6 is 11.3 Å². The Morgan fingerprint density at radius 1 is 1.10 bits per heavy atom. The van der Waals surface area contributed by atoms with Gasteiger partial charge in [0.05, 0.1) is 27.0 Å². The van der Waals surface area contributed by atoms with E-state index >= 15 is 0 Å². The number of anilines is 1. The van der Waals surface area contributed by atoms with Crippen LogP contribution in [0.2, 0.25) is 0 Å². The molecule has 7 heteroatoms. The van der Waals surface area contributed by atoms with Crippen molar-refractivity contribution in [1.29, 1.82) is 0 Å². The first kappa shape index (κ1) is 21.3. The molecule has 6 nitrogen and oxygen atoms in total. The highest BCUT2D eigenvalue weighted by Crippen LogP contribution is 2.39. The molecule has 1 aromatic carbocycles. The summed E-state index contributed by atoms with van der Waals surface area (Å²) >= 11 is 1.74. The van der Waals surface area contributed by atoms with E-state index in [2.05, 4.69) is 23.6 Å². The zero-order valence-electron chi connectivity index (χ0n) is 18.1. The Morgan fingerprint density at radius 2 is 1.80 bits per heavy atom. The topological polar surface area (TPSA) is 45.2 Å². The summed E-state index contributed by atoms with van der Waals surface area (Å²) in [6.45, 7) is 11.7. The quantitative estimate of drug-likeness (QED) is 0.703. The fourth-order valence-electron chi connectivity index (χ4n) is 4.14. The number of methoxy groups -OCH3 is 1. The van der Waals surface area contributed by atoms with Crippen LogP contribution in [0.15, 0.2) is 24.3 Å². The summed E-state index contributed by atoms with van der Waals surface area (Å²) in [5.74, 6) is 0.816. The number of thiophene rings is 1. The summed E-state index contributed by atoms with van der Waals surface area (Å²) in [7, 11) is 1.64. The third kappa shape index (κ3) is 4.54. The zero-order valence-corrected chi connectivity index (χ0v) is 19.0. The van der Waals surface area contributed by atoms with Crippen LogP contribution < -0.4 is 9.64 Å². The van der Waals surface area contributed by atoms with Crippen molar-refractivity contribution < 1.29 is 14.3 Å². The molecule has 30 heavy (non-hydrogen) atoms. The number of nitrogens with zero attached hydrogens (tertiary/aromatic N) is 3. The predicted octanol–water partition coefficient (Wildman–Crippen LogP) is 3.52. The van der Waals surface area contributed by atoms with Crippen LogP contribution in [0.4, 0.5) is 5.00 Å². The molecule has 1 aromatic heterocycles. The average Bonchev–Trinajstić information content (AvgIpc) is 3.07. The number of fused-ring (bicyclic) bond motifs is 1. The van der Waals surface area contributed by atoms with Crippen molar-refractivity contribution in [3.05, 3.63) is 45.8 Å². The van der Waals surface area contributed by atoms with Crippen LogP contribution in [0.3, 0.4) is 0 Å². The number of rotatable bonds is 6. The first-order valence-electron chi connectivity index (χ1n) is 10.6. The van der Waals surface area contributed by atoms with Gasteiger partial charge in [-0.1, -0.05) is 0 Å². The summed E-state index contributed by atoms with van der Waals surface area (Å²) < 4.78 is 10.7. The van der Waals surface area contributed by atoms with Gasteiger partial charge in [0.15, 0.2) is 0 Å². The van der Waals surface area contributed by atoms with Crippen molar-refractivity contribution in [2.75, 3.05) is 58.1 Å². The van der Waals surface area contributed by atoms with Gasteiger partial charge in [-0.3, -0.25) is 19.5 Å².